The van der Waals surface area contributed by atoms with Crippen LogP contribution in [-0.4, -0.2) is 0 Å². The number of furan rings is 2. The first-order chi connectivity index (χ1) is 16.2. The number of benzene rings is 2. The molecule has 2 aromatic carbocycles. The molecule has 1 aliphatic rings. The average molecular weight is 435 g/mol. The predicted molar refractivity (Wildman–Crippen MR) is 138 cm³/mol. The standard InChI is InChI=1S/C31H30O2/c1-3-17-31(18-4-2)29-21-23(9-13-25-7-5-19-32-25)11-15-27(29)28-16-12-24(22-30(28)31)10-14-26-8-6-20-33-26/h5-16,19-22H,3-4,17-18H2,1-2H3. The summed E-state index contributed by atoms with van der Waals surface area (Å²) in [6.45, 7) is 4.60. The summed E-state index contributed by atoms with van der Waals surface area (Å²) in [5, 5.41) is 0. The summed E-state index contributed by atoms with van der Waals surface area (Å²) in [4.78, 5) is 0. The van der Waals surface area contributed by atoms with Crippen LogP contribution in [-0.2, 0) is 5.41 Å². The SMILES string of the molecule is CCCC1(CCC)c2cc(C=Cc3ccco3)ccc2-c2ccc(C=Cc3ccco3)cc21. The molecular weight excluding hydrogens is 404 g/mol. The molecule has 2 heteroatoms. The van der Waals surface area contributed by atoms with E-state index in [0.29, 0.717) is 0 Å². The van der Waals surface area contributed by atoms with Crippen molar-refractivity contribution in [3.8, 4) is 11.1 Å². The number of rotatable bonds is 8. The lowest BCUT2D eigenvalue weighted by Gasteiger charge is -2.32. The fourth-order valence-electron chi connectivity index (χ4n) is 5.38. The van der Waals surface area contributed by atoms with E-state index in [2.05, 4.69) is 62.4 Å². The van der Waals surface area contributed by atoms with Gasteiger partial charge >= 0.3 is 0 Å². The lowest BCUT2D eigenvalue weighted by atomic mass is 9.71. The first-order valence-electron chi connectivity index (χ1n) is 12.0. The second kappa shape index (κ2) is 9.15. The molecule has 0 bridgehead atoms. The van der Waals surface area contributed by atoms with Crippen LogP contribution in [0.4, 0.5) is 0 Å². The third-order valence-corrected chi connectivity index (χ3v) is 6.73. The molecule has 2 nitrogen and oxygen atoms in total. The van der Waals surface area contributed by atoms with Crippen LogP contribution in [0.15, 0.2) is 82.0 Å². The molecule has 2 heterocycles. The van der Waals surface area contributed by atoms with Gasteiger partial charge in [0.15, 0.2) is 0 Å². The minimum Gasteiger partial charge on any atom is -0.465 e. The Kier molecular flexibility index (Phi) is 5.92. The molecule has 0 fully saturated rings. The van der Waals surface area contributed by atoms with E-state index in [1.807, 2.05) is 36.4 Å². The first-order valence-corrected chi connectivity index (χ1v) is 12.0. The van der Waals surface area contributed by atoms with Crippen LogP contribution in [0.1, 0.15) is 73.3 Å². The molecule has 33 heavy (non-hydrogen) atoms. The Labute approximate surface area is 196 Å². The van der Waals surface area contributed by atoms with Gasteiger partial charge in [0, 0.05) is 5.41 Å². The molecule has 0 saturated carbocycles. The van der Waals surface area contributed by atoms with Crippen LogP contribution < -0.4 is 0 Å². The highest BCUT2D eigenvalue weighted by molar-refractivity contribution is 5.84. The molecule has 0 amide bonds. The Hall–Kier alpha value is -3.52. The van der Waals surface area contributed by atoms with Gasteiger partial charge in [0.25, 0.3) is 0 Å². The molecule has 1 aliphatic carbocycles. The number of hydrogen-bond acceptors (Lipinski definition) is 2. The second-order valence-electron chi connectivity index (χ2n) is 8.89. The van der Waals surface area contributed by atoms with Gasteiger partial charge in [0.2, 0.25) is 0 Å². The van der Waals surface area contributed by atoms with E-state index in [1.54, 1.807) is 12.5 Å². The maximum atomic E-state index is 5.48. The molecule has 166 valence electrons. The minimum atomic E-state index is 0.0528. The fourth-order valence-corrected chi connectivity index (χ4v) is 5.38. The van der Waals surface area contributed by atoms with Crippen molar-refractivity contribution in [1.82, 2.24) is 0 Å². The zero-order valence-corrected chi connectivity index (χ0v) is 19.4. The monoisotopic (exact) mass is 434 g/mol. The van der Waals surface area contributed by atoms with E-state index in [1.165, 1.54) is 33.4 Å². The Morgan fingerprint density at radius 3 is 1.52 bits per heavy atom. The highest BCUT2D eigenvalue weighted by atomic mass is 16.3. The summed E-state index contributed by atoms with van der Waals surface area (Å²) in [5.41, 5.74) is 8.18. The normalized spacial score (nSPS) is 14.2. The molecule has 5 rings (SSSR count). The van der Waals surface area contributed by atoms with Gasteiger partial charge in [-0.25, -0.2) is 0 Å². The van der Waals surface area contributed by atoms with Crippen molar-refractivity contribution >= 4 is 24.3 Å². The van der Waals surface area contributed by atoms with Gasteiger partial charge in [-0.05, 0) is 82.6 Å². The van der Waals surface area contributed by atoms with E-state index in [4.69, 9.17) is 8.83 Å². The predicted octanol–water partition coefficient (Wildman–Crippen LogP) is 9.08. The summed E-state index contributed by atoms with van der Waals surface area (Å²) in [6.07, 6.45) is 16.4. The van der Waals surface area contributed by atoms with Gasteiger partial charge in [-0.3, -0.25) is 0 Å². The van der Waals surface area contributed by atoms with E-state index >= 15 is 0 Å². The largest absolute Gasteiger partial charge is 0.465 e. The maximum Gasteiger partial charge on any atom is 0.126 e. The Balaban J connectivity index is 1.58. The fraction of sp³-hybridized carbons (Fsp3) is 0.226. The van der Waals surface area contributed by atoms with Crippen molar-refractivity contribution < 1.29 is 8.83 Å². The molecule has 0 N–H and O–H groups in total. The lowest BCUT2D eigenvalue weighted by molar-refractivity contribution is 0.435. The molecule has 0 aliphatic heterocycles. The van der Waals surface area contributed by atoms with Crippen molar-refractivity contribution in [3.63, 3.8) is 0 Å². The van der Waals surface area contributed by atoms with Crippen LogP contribution in [0.5, 0.6) is 0 Å². The van der Waals surface area contributed by atoms with Gasteiger partial charge in [-0.15, -0.1) is 0 Å². The quantitative estimate of drug-likeness (QED) is 0.276. The third-order valence-electron chi connectivity index (χ3n) is 6.73. The molecule has 0 unspecified atom stereocenters. The van der Waals surface area contributed by atoms with Crippen LogP contribution in [0.2, 0.25) is 0 Å². The number of hydrogen-bond donors (Lipinski definition) is 0. The summed E-state index contributed by atoms with van der Waals surface area (Å²) >= 11 is 0. The van der Waals surface area contributed by atoms with Crippen molar-refractivity contribution in [2.24, 2.45) is 0 Å². The molecular formula is C31H30O2. The first kappa shape index (κ1) is 21.3. The molecule has 0 atom stereocenters. The topological polar surface area (TPSA) is 26.3 Å². The Morgan fingerprint density at radius 2 is 1.12 bits per heavy atom. The van der Waals surface area contributed by atoms with Crippen LogP contribution in [0.25, 0.3) is 35.4 Å². The summed E-state index contributed by atoms with van der Waals surface area (Å²) in [5.74, 6) is 1.75. The van der Waals surface area contributed by atoms with Crippen LogP contribution in [0.3, 0.4) is 0 Å². The Bertz CT molecular complexity index is 1170. The van der Waals surface area contributed by atoms with Crippen molar-refractivity contribution in [3.05, 3.63) is 107 Å². The zero-order valence-electron chi connectivity index (χ0n) is 19.4. The van der Waals surface area contributed by atoms with Crippen LogP contribution >= 0.6 is 0 Å². The highest BCUT2D eigenvalue weighted by Gasteiger charge is 2.41. The zero-order chi connectivity index (χ0) is 22.7. The van der Waals surface area contributed by atoms with Gasteiger partial charge in [0.1, 0.15) is 11.5 Å². The molecule has 0 radical (unpaired) electrons. The Morgan fingerprint density at radius 1 is 0.636 bits per heavy atom. The summed E-state index contributed by atoms with van der Waals surface area (Å²) in [7, 11) is 0. The summed E-state index contributed by atoms with van der Waals surface area (Å²) in [6, 6.07) is 21.7. The van der Waals surface area contributed by atoms with E-state index in [9.17, 15) is 0 Å². The van der Waals surface area contributed by atoms with Crippen molar-refractivity contribution in [2.45, 2.75) is 44.9 Å². The van der Waals surface area contributed by atoms with Gasteiger partial charge in [-0.2, -0.15) is 0 Å². The van der Waals surface area contributed by atoms with E-state index < -0.39 is 0 Å². The van der Waals surface area contributed by atoms with E-state index in [0.717, 1.165) is 37.2 Å². The molecule has 0 saturated heterocycles. The second-order valence-corrected chi connectivity index (χ2v) is 8.89. The van der Waals surface area contributed by atoms with Gasteiger partial charge in [0.05, 0.1) is 12.5 Å². The van der Waals surface area contributed by atoms with E-state index in [-0.39, 0.29) is 5.41 Å². The number of fused-ring (bicyclic) bond motifs is 3. The van der Waals surface area contributed by atoms with Gasteiger partial charge in [-0.1, -0.05) is 75.2 Å². The smallest absolute Gasteiger partial charge is 0.126 e. The minimum absolute atomic E-state index is 0.0528. The molecule has 0 spiro atoms. The highest BCUT2D eigenvalue weighted by Crippen LogP contribution is 2.54. The average Bonchev–Trinajstić information content (AvgIpc) is 3.59. The van der Waals surface area contributed by atoms with Gasteiger partial charge < -0.3 is 8.83 Å². The molecule has 4 aromatic rings. The summed E-state index contributed by atoms with van der Waals surface area (Å²) < 4.78 is 11.0. The van der Waals surface area contributed by atoms with Crippen molar-refractivity contribution in [1.29, 1.82) is 0 Å². The van der Waals surface area contributed by atoms with Crippen molar-refractivity contribution in [2.75, 3.05) is 0 Å². The van der Waals surface area contributed by atoms with Crippen LogP contribution in [0, 0.1) is 0 Å². The lowest BCUT2D eigenvalue weighted by Crippen LogP contribution is -2.25. The third kappa shape index (κ3) is 4.02. The molecule has 2 aromatic heterocycles. The maximum absolute atomic E-state index is 5.48.